The minimum atomic E-state index is -0.166. The lowest BCUT2D eigenvalue weighted by Gasteiger charge is -2.29. The van der Waals surface area contributed by atoms with Gasteiger partial charge in [0.15, 0.2) is 5.82 Å². The van der Waals surface area contributed by atoms with Crippen molar-refractivity contribution in [3.05, 3.63) is 21.1 Å². The van der Waals surface area contributed by atoms with Crippen molar-refractivity contribution >= 4 is 27.5 Å². The van der Waals surface area contributed by atoms with Crippen LogP contribution in [0.3, 0.4) is 0 Å². The van der Waals surface area contributed by atoms with E-state index in [4.69, 9.17) is 16.3 Å². The van der Waals surface area contributed by atoms with Crippen molar-refractivity contribution in [2.45, 2.75) is 53.6 Å². The van der Waals surface area contributed by atoms with E-state index in [0.717, 1.165) is 10.2 Å². The van der Waals surface area contributed by atoms with Gasteiger partial charge in [-0.2, -0.15) is 0 Å². The summed E-state index contributed by atoms with van der Waals surface area (Å²) < 4.78 is 6.60. The molecule has 108 valence electrons. The first-order valence-electron chi connectivity index (χ1n) is 6.52. The molecule has 1 atom stereocenters. The number of rotatable bonds is 4. The van der Waals surface area contributed by atoms with Gasteiger partial charge in [0.25, 0.3) is 0 Å². The number of hydrogen-bond acceptors (Lipinski definition) is 3. The van der Waals surface area contributed by atoms with Crippen LogP contribution < -0.4 is 0 Å². The Bertz CT molecular complexity index is 444. The Labute approximate surface area is 129 Å². The maximum Gasteiger partial charge on any atom is 0.159 e. The Kier molecular flexibility index (Phi) is 5.78. The molecular weight excluding hydrogens is 328 g/mol. The average molecular weight is 350 g/mol. The summed E-state index contributed by atoms with van der Waals surface area (Å²) in [6.07, 6.45) is -0.166. The minimum Gasteiger partial charge on any atom is -0.370 e. The van der Waals surface area contributed by atoms with E-state index in [1.165, 1.54) is 0 Å². The molecular formula is C14H22BrClN2O. The van der Waals surface area contributed by atoms with Crippen LogP contribution in [0.5, 0.6) is 0 Å². The fraction of sp³-hybridized carbons (Fsp3) is 0.714. The highest BCUT2D eigenvalue weighted by molar-refractivity contribution is 9.10. The molecule has 0 aliphatic rings. The number of halogens is 2. The first kappa shape index (κ1) is 16.9. The van der Waals surface area contributed by atoms with Gasteiger partial charge in [-0.25, -0.2) is 9.97 Å². The highest BCUT2D eigenvalue weighted by Crippen LogP contribution is 2.37. The molecule has 0 bridgehead atoms. The third-order valence-electron chi connectivity index (χ3n) is 2.75. The van der Waals surface area contributed by atoms with Gasteiger partial charge in [0, 0.05) is 6.61 Å². The van der Waals surface area contributed by atoms with Crippen molar-refractivity contribution in [3.63, 3.8) is 0 Å². The molecule has 0 amide bonds. The van der Waals surface area contributed by atoms with Crippen LogP contribution in [0.15, 0.2) is 4.47 Å². The summed E-state index contributed by atoms with van der Waals surface area (Å²) in [6, 6.07) is 0. The van der Waals surface area contributed by atoms with Gasteiger partial charge in [-0.15, -0.1) is 0 Å². The molecule has 0 radical (unpaired) electrons. The lowest BCUT2D eigenvalue weighted by atomic mass is 9.88. The molecule has 0 saturated heterocycles. The smallest absolute Gasteiger partial charge is 0.159 e. The first-order valence-corrected chi connectivity index (χ1v) is 7.70. The molecule has 0 fully saturated rings. The van der Waals surface area contributed by atoms with Crippen LogP contribution in [0.2, 0.25) is 5.15 Å². The zero-order chi connectivity index (χ0) is 14.8. The van der Waals surface area contributed by atoms with Crippen LogP contribution in [0.25, 0.3) is 0 Å². The Morgan fingerprint density at radius 2 is 1.84 bits per heavy atom. The molecule has 1 unspecified atom stereocenters. The van der Waals surface area contributed by atoms with E-state index in [1.807, 2.05) is 6.92 Å². The molecule has 0 aliphatic heterocycles. The molecule has 0 saturated carbocycles. The van der Waals surface area contributed by atoms with Gasteiger partial charge in [0.1, 0.15) is 11.3 Å². The summed E-state index contributed by atoms with van der Waals surface area (Å²) in [7, 11) is 0. The van der Waals surface area contributed by atoms with E-state index < -0.39 is 0 Å². The van der Waals surface area contributed by atoms with Gasteiger partial charge >= 0.3 is 0 Å². The highest BCUT2D eigenvalue weighted by Gasteiger charge is 2.30. The minimum absolute atomic E-state index is 0.0819. The van der Waals surface area contributed by atoms with Crippen molar-refractivity contribution in [1.82, 2.24) is 9.97 Å². The van der Waals surface area contributed by atoms with Crippen molar-refractivity contribution in [2.75, 3.05) is 6.61 Å². The summed E-state index contributed by atoms with van der Waals surface area (Å²) in [6.45, 7) is 13.1. The number of aromatic nitrogens is 2. The van der Waals surface area contributed by atoms with Crippen molar-refractivity contribution in [3.8, 4) is 0 Å². The van der Waals surface area contributed by atoms with Crippen LogP contribution in [0.1, 0.15) is 65.1 Å². The molecule has 0 N–H and O–H groups in total. The predicted octanol–water partition coefficient (Wildman–Crippen LogP) is 5.14. The second-order valence-corrected chi connectivity index (χ2v) is 7.08. The Morgan fingerprint density at radius 1 is 1.26 bits per heavy atom. The average Bonchev–Trinajstić information content (AvgIpc) is 2.27. The SMILES string of the molecule is CCOC(c1nc(Cl)c(Br)c(C(C)C)n1)C(C)(C)C. The van der Waals surface area contributed by atoms with Crippen LogP contribution in [0.4, 0.5) is 0 Å². The molecule has 1 aromatic rings. The van der Waals surface area contributed by atoms with Crippen LogP contribution in [-0.2, 0) is 4.74 Å². The van der Waals surface area contributed by atoms with Gasteiger partial charge in [-0.05, 0) is 34.2 Å². The summed E-state index contributed by atoms with van der Waals surface area (Å²) in [5.74, 6) is 0.933. The summed E-state index contributed by atoms with van der Waals surface area (Å²) in [4.78, 5) is 9.03. The molecule has 0 spiro atoms. The van der Waals surface area contributed by atoms with Gasteiger partial charge in [0.2, 0.25) is 0 Å². The van der Waals surface area contributed by atoms with Gasteiger partial charge in [-0.1, -0.05) is 46.2 Å². The Balaban J connectivity index is 3.32. The molecule has 1 rings (SSSR count). The van der Waals surface area contributed by atoms with E-state index in [2.05, 4.69) is 60.5 Å². The normalized spacial score (nSPS) is 13.9. The van der Waals surface area contributed by atoms with E-state index in [0.29, 0.717) is 17.6 Å². The number of ether oxygens (including phenoxy) is 1. The third kappa shape index (κ3) is 4.14. The van der Waals surface area contributed by atoms with Crippen LogP contribution in [-0.4, -0.2) is 16.6 Å². The van der Waals surface area contributed by atoms with Crippen molar-refractivity contribution in [1.29, 1.82) is 0 Å². The fourth-order valence-corrected chi connectivity index (χ4v) is 2.65. The number of nitrogens with zero attached hydrogens (tertiary/aromatic N) is 2. The molecule has 19 heavy (non-hydrogen) atoms. The molecule has 1 heterocycles. The Hall–Kier alpha value is -0.190. The van der Waals surface area contributed by atoms with Gasteiger partial charge in [-0.3, -0.25) is 0 Å². The standard InChI is InChI=1S/C14H22BrClN2O/c1-7-19-11(14(4,5)6)13-17-10(8(2)3)9(15)12(16)18-13/h8,11H,7H2,1-6H3. The van der Waals surface area contributed by atoms with E-state index in [9.17, 15) is 0 Å². The highest BCUT2D eigenvalue weighted by atomic mass is 79.9. The summed E-state index contributed by atoms with van der Waals surface area (Å²) in [5.41, 5.74) is 0.838. The molecule has 0 aromatic carbocycles. The van der Waals surface area contributed by atoms with Gasteiger partial charge in [0.05, 0.1) is 10.2 Å². The molecule has 0 aliphatic carbocycles. The van der Waals surface area contributed by atoms with E-state index in [-0.39, 0.29) is 17.4 Å². The third-order valence-corrected chi connectivity index (χ3v) is 4.04. The molecule has 5 heteroatoms. The second-order valence-electron chi connectivity index (χ2n) is 5.93. The summed E-state index contributed by atoms with van der Waals surface area (Å²) in [5, 5.41) is 0.447. The predicted molar refractivity (Wildman–Crippen MR) is 82.7 cm³/mol. The fourth-order valence-electron chi connectivity index (χ4n) is 1.83. The number of hydrogen-bond donors (Lipinski definition) is 0. The van der Waals surface area contributed by atoms with Crippen molar-refractivity contribution < 1.29 is 4.74 Å². The maximum absolute atomic E-state index is 6.20. The van der Waals surface area contributed by atoms with E-state index in [1.54, 1.807) is 0 Å². The Morgan fingerprint density at radius 3 is 2.26 bits per heavy atom. The molecule has 1 aromatic heterocycles. The van der Waals surface area contributed by atoms with E-state index >= 15 is 0 Å². The monoisotopic (exact) mass is 348 g/mol. The zero-order valence-corrected chi connectivity index (χ0v) is 14.8. The zero-order valence-electron chi connectivity index (χ0n) is 12.4. The van der Waals surface area contributed by atoms with Crippen molar-refractivity contribution in [2.24, 2.45) is 5.41 Å². The largest absolute Gasteiger partial charge is 0.370 e. The lowest BCUT2D eigenvalue weighted by molar-refractivity contribution is -0.0193. The van der Waals surface area contributed by atoms with Crippen LogP contribution in [0, 0.1) is 5.41 Å². The van der Waals surface area contributed by atoms with Gasteiger partial charge < -0.3 is 4.74 Å². The molecule has 3 nitrogen and oxygen atoms in total. The first-order chi connectivity index (χ1) is 8.68. The second kappa shape index (κ2) is 6.51. The summed E-state index contributed by atoms with van der Waals surface area (Å²) >= 11 is 9.66. The lowest BCUT2D eigenvalue weighted by Crippen LogP contribution is -2.24. The van der Waals surface area contributed by atoms with Crippen LogP contribution >= 0.6 is 27.5 Å². The topological polar surface area (TPSA) is 35.0 Å². The quantitative estimate of drug-likeness (QED) is 0.706. The maximum atomic E-state index is 6.20.